The van der Waals surface area contributed by atoms with Crippen LogP contribution in [0.15, 0.2) is 42.7 Å². The third-order valence-corrected chi connectivity index (χ3v) is 3.45. The Morgan fingerprint density at radius 3 is 2.90 bits per heavy atom. The van der Waals surface area contributed by atoms with Crippen molar-refractivity contribution in [2.75, 3.05) is 0 Å². The summed E-state index contributed by atoms with van der Waals surface area (Å²) in [5.74, 6) is 1.93. The van der Waals surface area contributed by atoms with Gasteiger partial charge in [-0.25, -0.2) is 9.97 Å². The first kappa shape index (κ1) is 12.8. The number of rotatable bonds is 4. The molecular weight excluding hydrogens is 248 g/mol. The number of aromatic nitrogens is 3. The van der Waals surface area contributed by atoms with Crippen molar-refractivity contribution < 1.29 is 0 Å². The summed E-state index contributed by atoms with van der Waals surface area (Å²) in [6.45, 7) is 2.66. The second-order valence-corrected chi connectivity index (χ2v) is 4.82. The maximum absolute atomic E-state index is 5.88. The van der Waals surface area contributed by atoms with Gasteiger partial charge in [0.2, 0.25) is 0 Å². The molecule has 2 N–H and O–H groups in total. The van der Waals surface area contributed by atoms with Crippen LogP contribution in [0.25, 0.3) is 16.7 Å². The number of aryl methyl sites for hydroxylation is 1. The Hall–Kier alpha value is -2.20. The molecule has 0 atom stereocenters. The quantitative estimate of drug-likeness (QED) is 0.790. The van der Waals surface area contributed by atoms with E-state index in [9.17, 15) is 0 Å². The van der Waals surface area contributed by atoms with Crippen molar-refractivity contribution in [2.45, 2.75) is 26.3 Å². The van der Waals surface area contributed by atoms with E-state index in [0.29, 0.717) is 6.54 Å². The van der Waals surface area contributed by atoms with Crippen LogP contribution in [0.4, 0.5) is 0 Å². The Bertz CT molecular complexity index is 730. The number of pyridine rings is 1. The van der Waals surface area contributed by atoms with Gasteiger partial charge < -0.3 is 5.73 Å². The minimum Gasteiger partial charge on any atom is -0.326 e. The Labute approximate surface area is 118 Å². The number of para-hydroxylation sites is 1. The standard InChI is InChI=1S/C16H18N4/c1-2-5-15-18-8-9-20(15)16-10-12(11-17)13-6-3-4-7-14(13)19-16/h3-4,6-10H,2,5,11,17H2,1H3. The van der Waals surface area contributed by atoms with Crippen LogP contribution in [0.2, 0.25) is 0 Å². The van der Waals surface area contributed by atoms with Crippen molar-refractivity contribution in [3.63, 3.8) is 0 Å². The molecule has 102 valence electrons. The van der Waals surface area contributed by atoms with E-state index in [2.05, 4.69) is 28.6 Å². The Morgan fingerprint density at radius 1 is 1.25 bits per heavy atom. The molecule has 0 radical (unpaired) electrons. The molecule has 0 aliphatic heterocycles. The molecule has 0 saturated carbocycles. The van der Waals surface area contributed by atoms with Gasteiger partial charge in [0.1, 0.15) is 11.6 Å². The lowest BCUT2D eigenvalue weighted by atomic mass is 10.1. The van der Waals surface area contributed by atoms with Gasteiger partial charge >= 0.3 is 0 Å². The molecule has 20 heavy (non-hydrogen) atoms. The first-order valence-corrected chi connectivity index (χ1v) is 6.94. The number of fused-ring (bicyclic) bond motifs is 1. The first-order chi connectivity index (χ1) is 9.83. The predicted molar refractivity (Wildman–Crippen MR) is 80.8 cm³/mol. The fraction of sp³-hybridized carbons (Fsp3) is 0.250. The van der Waals surface area contributed by atoms with E-state index in [-0.39, 0.29) is 0 Å². The Morgan fingerprint density at radius 2 is 2.10 bits per heavy atom. The van der Waals surface area contributed by atoms with Crippen molar-refractivity contribution in [2.24, 2.45) is 5.73 Å². The SMILES string of the molecule is CCCc1nccn1-c1cc(CN)c2ccccc2n1. The highest BCUT2D eigenvalue weighted by molar-refractivity contribution is 5.83. The average Bonchev–Trinajstić information content (AvgIpc) is 2.95. The summed E-state index contributed by atoms with van der Waals surface area (Å²) in [6, 6.07) is 10.2. The minimum absolute atomic E-state index is 0.508. The molecule has 2 aromatic heterocycles. The smallest absolute Gasteiger partial charge is 0.139 e. The van der Waals surface area contributed by atoms with E-state index >= 15 is 0 Å². The lowest BCUT2D eigenvalue weighted by Crippen LogP contribution is -2.06. The van der Waals surface area contributed by atoms with Crippen LogP contribution in [0.5, 0.6) is 0 Å². The third-order valence-electron chi connectivity index (χ3n) is 3.45. The van der Waals surface area contributed by atoms with Gasteiger partial charge in [-0.05, 0) is 24.1 Å². The van der Waals surface area contributed by atoms with Gasteiger partial charge in [0, 0.05) is 30.7 Å². The van der Waals surface area contributed by atoms with Crippen LogP contribution in [0.1, 0.15) is 24.7 Å². The summed E-state index contributed by atoms with van der Waals surface area (Å²) >= 11 is 0. The fourth-order valence-electron chi connectivity index (χ4n) is 2.48. The number of hydrogen-bond acceptors (Lipinski definition) is 3. The second kappa shape index (κ2) is 5.43. The molecule has 0 amide bonds. The van der Waals surface area contributed by atoms with E-state index < -0.39 is 0 Å². The van der Waals surface area contributed by atoms with Gasteiger partial charge in [0.05, 0.1) is 5.52 Å². The Balaban J connectivity index is 2.18. The van der Waals surface area contributed by atoms with Gasteiger partial charge in [0.25, 0.3) is 0 Å². The van der Waals surface area contributed by atoms with Crippen LogP contribution in [-0.2, 0) is 13.0 Å². The summed E-state index contributed by atoms with van der Waals surface area (Å²) in [6.07, 6.45) is 5.79. The molecule has 0 fully saturated rings. The van der Waals surface area contributed by atoms with Crippen LogP contribution in [-0.4, -0.2) is 14.5 Å². The third kappa shape index (κ3) is 2.18. The maximum Gasteiger partial charge on any atom is 0.139 e. The molecule has 0 aliphatic carbocycles. The normalized spacial score (nSPS) is 11.1. The van der Waals surface area contributed by atoms with Crippen LogP contribution < -0.4 is 5.73 Å². The number of nitrogens with two attached hydrogens (primary N) is 1. The van der Waals surface area contributed by atoms with Gasteiger partial charge in [0.15, 0.2) is 0 Å². The van der Waals surface area contributed by atoms with Gasteiger partial charge in [-0.3, -0.25) is 4.57 Å². The topological polar surface area (TPSA) is 56.7 Å². The highest BCUT2D eigenvalue weighted by atomic mass is 15.1. The van der Waals surface area contributed by atoms with Crippen molar-refractivity contribution in [3.05, 3.63) is 54.1 Å². The lowest BCUT2D eigenvalue weighted by molar-refractivity contribution is 0.799. The van der Waals surface area contributed by atoms with E-state index in [0.717, 1.165) is 41.0 Å². The van der Waals surface area contributed by atoms with Crippen molar-refractivity contribution in [1.29, 1.82) is 0 Å². The molecule has 4 nitrogen and oxygen atoms in total. The molecule has 2 heterocycles. The van der Waals surface area contributed by atoms with Crippen LogP contribution >= 0.6 is 0 Å². The number of hydrogen-bond donors (Lipinski definition) is 1. The van der Waals surface area contributed by atoms with Crippen LogP contribution in [0, 0.1) is 0 Å². The molecule has 0 aliphatic rings. The predicted octanol–water partition coefficient (Wildman–Crippen LogP) is 2.83. The summed E-state index contributed by atoms with van der Waals surface area (Å²) in [5.41, 5.74) is 7.97. The van der Waals surface area contributed by atoms with Crippen LogP contribution in [0.3, 0.4) is 0 Å². The molecular formula is C16H18N4. The maximum atomic E-state index is 5.88. The van der Waals surface area contributed by atoms with Gasteiger partial charge in [-0.1, -0.05) is 25.1 Å². The molecule has 1 aromatic carbocycles. The van der Waals surface area contributed by atoms with Gasteiger partial charge in [-0.2, -0.15) is 0 Å². The average molecular weight is 266 g/mol. The monoisotopic (exact) mass is 266 g/mol. The molecule has 0 saturated heterocycles. The van der Waals surface area contributed by atoms with E-state index in [1.165, 1.54) is 0 Å². The van der Waals surface area contributed by atoms with Crippen molar-refractivity contribution >= 4 is 10.9 Å². The van der Waals surface area contributed by atoms with E-state index in [4.69, 9.17) is 10.7 Å². The lowest BCUT2D eigenvalue weighted by Gasteiger charge is -2.10. The zero-order valence-corrected chi connectivity index (χ0v) is 11.6. The van der Waals surface area contributed by atoms with E-state index in [1.54, 1.807) is 0 Å². The summed E-state index contributed by atoms with van der Waals surface area (Å²) in [7, 11) is 0. The molecule has 3 aromatic rings. The molecule has 0 unspecified atom stereocenters. The Kier molecular flexibility index (Phi) is 3.48. The molecule has 0 spiro atoms. The summed E-state index contributed by atoms with van der Waals surface area (Å²) in [4.78, 5) is 9.15. The largest absolute Gasteiger partial charge is 0.326 e. The van der Waals surface area contributed by atoms with E-state index in [1.807, 2.05) is 30.6 Å². The van der Waals surface area contributed by atoms with Crippen molar-refractivity contribution in [1.82, 2.24) is 14.5 Å². The van der Waals surface area contributed by atoms with Crippen molar-refractivity contribution in [3.8, 4) is 5.82 Å². The van der Waals surface area contributed by atoms with Gasteiger partial charge in [-0.15, -0.1) is 0 Å². The highest BCUT2D eigenvalue weighted by Gasteiger charge is 2.09. The number of benzene rings is 1. The molecule has 3 rings (SSSR count). The zero-order chi connectivity index (χ0) is 13.9. The summed E-state index contributed by atoms with van der Waals surface area (Å²) < 4.78 is 2.05. The number of nitrogens with zero attached hydrogens (tertiary/aromatic N) is 3. The molecule has 0 bridgehead atoms. The number of imidazole rings is 1. The minimum atomic E-state index is 0.508. The fourth-order valence-corrected chi connectivity index (χ4v) is 2.48. The second-order valence-electron chi connectivity index (χ2n) is 4.82. The summed E-state index contributed by atoms with van der Waals surface area (Å²) in [5, 5.41) is 1.12. The highest BCUT2D eigenvalue weighted by Crippen LogP contribution is 2.21. The zero-order valence-electron chi connectivity index (χ0n) is 11.6. The molecule has 4 heteroatoms. The first-order valence-electron chi connectivity index (χ1n) is 6.94.